The molecule has 0 radical (unpaired) electrons. The molecule has 2 rings (SSSR count). The lowest BCUT2D eigenvalue weighted by Gasteiger charge is -2.29. The molecule has 0 bridgehead atoms. The van der Waals surface area contributed by atoms with Gasteiger partial charge in [-0.05, 0) is 57.9 Å². The van der Waals surface area contributed by atoms with Crippen LogP contribution >= 0.6 is 0 Å². The number of ether oxygens (including phenoxy) is 1. The summed E-state index contributed by atoms with van der Waals surface area (Å²) in [5.74, 6) is 0.950. The predicted octanol–water partition coefficient (Wildman–Crippen LogP) is 3.05. The van der Waals surface area contributed by atoms with E-state index in [9.17, 15) is 0 Å². The Labute approximate surface area is 123 Å². The van der Waals surface area contributed by atoms with Crippen LogP contribution < -0.4 is 10.1 Å². The number of methoxy groups -OCH3 is 1. The summed E-state index contributed by atoms with van der Waals surface area (Å²) >= 11 is 0. The van der Waals surface area contributed by atoms with Crippen molar-refractivity contribution in [1.82, 2.24) is 10.2 Å². The summed E-state index contributed by atoms with van der Waals surface area (Å²) in [6.07, 6.45) is 2.60. The van der Waals surface area contributed by atoms with Crippen molar-refractivity contribution < 1.29 is 4.74 Å². The van der Waals surface area contributed by atoms with E-state index in [0.717, 1.165) is 18.8 Å². The zero-order chi connectivity index (χ0) is 14.6. The zero-order valence-corrected chi connectivity index (χ0v) is 13.3. The monoisotopic (exact) mass is 276 g/mol. The van der Waals surface area contributed by atoms with E-state index < -0.39 is 0 Å². The molecule has 1 unspecified atom stereocenters. The van der Waals surface area contributed by atoms with Gasteiger partial charge in [-0.3, -0.25) is 4.90 Å². The highest BCUT2D eigenvalue weighted by Gasteiger charge is 2.25. The molecule has 3 heteroatoms. The van der Waals surface area contributed by atoms with Crippen molar-refractivity contribution in [1.29, 1.82) is 0 Å². The Morgan fingerprint density at radius 1 is 1.35 bits per heavy atom. The molecule has 1 aliphatic heterocycles. The van der Waals surface area contributed by atoms with Gasteiger partial charge in [0.15, 0.2) is 0 Å². The van der Waals surface area contributed by atoms with E-state index in [1.54, 1.807) is 7.11 Å². The second kappa shape index (κ2) is 6.59. The minimum atomic E-state index is 0.199. The second-order valence-electron chi connectivity index (χ2n) is 6.75. The number of rotatable bonds is 5. The molecule has 0 amide bonds. The zero-order valence-electron chi connectivity index (χ0n) is 13.3. The summed E-state index contributed by atoms with van der Waals surface area (Å²) in [4.78, 5) is 2.59. The Bertz CT molecular complexity index is 425. The van der Waals surface area contributed by atoms with Gasteiger partial charge in [0.05, 0.1) is 7.11 Å². The van der Waals surface area contributed by atoms with Gasteiger partial charge in [0.2, 0.25) is 0 Å². The third kappa shape index (κ3) is 4.50. The average molecular weight is 276 g/mol. The molecule has 1 saturated heterocycles. The van der Waals surface area contributed by atoms with Crippen LogP contribution in [-0.4, -0.2) is 36.7 Å². The maximum atomic E-state index is 5.31. The number of benzene rings is 1. The van der Waals surface area contributed by atoms with Crippen LogP contribution in [0.5, 0.6) is 5.75 Å². The van der Waals surface area contributed by atoms with E-state index in [1.165, 1.54) is 24.9 Å². The van der Waals surface area contributed by atoms with Gasteiger partial charge >= 0.3 is 0 Å². The fourth-order valence-corrected chi connectivity index (χ4v) is 2.76. The largest absolute Gasteiger partial charge is 0.497 e. The highest BCUT2D eigenvalue weighted by Crippen LogP contribution is 2.22. The van der Waals surface area contributed by atoms with Gasteiger partial charge in [0.25, 0.3) is 0 Å². The Morgan fingerprint density at radius 2 is 2.15 bits per heavy atom. The Morgan fingerprint density at radius 3 is 2.85 bits per heavy atom. The third-order valence-corrected chi connectivity index (χ3v) is 3.89. The molecule has 1 N–H and O–H groups in total. The van der Waals surface area contributed by atoms with Crippen molar-refractivity contribution in [3.63, 3.8) is 0 Å². The summed E-state index contributed by atoms with van der Waals surface area (Å²) in [6.45, 7) is 9.99. The molecule has 20 heavy (non-hydrogen) atoms. The molecular weight excluding hydrogens is 248 g/mol. The van der Waals surface area contributed by atoms with Crippen molar-refractivity contribution in [3.8, 4) is 5.75 Å². The van der Waals surface area contributed by atoms with Crippen LogP contribution in [0, 0.1) is 0 Å². The van der Waals surface area contributed by atoms with E-state index in [4.69, 9.17) is 4.74 Å². The van der Waals surface area contributed by atoms with Gasteiger partial charge in [-0.1, -0.05) is 12.1 Å². The molecule has 1 aliphatic rings. The van der Waals surface area contributed by atoms with Crippen molar-refractivity contribution in [3.05, 3.63) is 29.8 Å². The first-order valence-corrected chi connectivity index (χ1v) is 7.60. The fraction of sp³-hybridized carbons (Fsp3) is 0.647. The van der Waals surface area contributed by atoms with E-state index in [0.29, 0.717) is 6.04 Å². The minimum absolute atomic E-state index is 0.199. The van der Waals surface area contributed by atoms with Crippen molar-refractivity contribution in [2.45, 2.75) is 51.7 Å². The highest BCUT2D eigenvalue weighted by atomic mass is 16.5. The van der Waals surface area contributed by atoms with Gasteiger partial charge in [-0.2, -0.15) is 0 Å². The van der Waals surface area contributed by atoms with Crippen LogP contribution in [-0.2, 0) is 6.54 Å². The maximum Gasteiger partial charge on any atom is 0.119 e. The van der Waals surface area contributed by atoms with Crippen molar-refractivity contribution >= 4 is 0 Å². The van der Waals surface area contributed by atoms with Crippen LogP contribution in [0.2, 0.25) is 0 Å². The van der Waals surface area contributed by atoms with Crippen molar-refractivity contribution in [2.75, 3.05) is 20.2 Å². The molecule has 0 spiro atoms. The van der Waals surface area contributed by atoms with Gasteiger partial charge in [-0.25, -0.2) is 0 Å². The topological polar surface area (TPSA) is 24.5 Å². The molecule has 0 aromatic heterocycles. The molecule has 1 aromatic rings. The van der Waals surface area contributed by atoms with Crippen LogP contribution in [0.15, 0.2) is 24.3 Å². The van der Waals surface area contributed by atoms with E-state index >= 15 is 0 Å². The Hall–Kier alpha value is -1.06. The van der Waals surface area contributed by atoms with Gasteiger partial charge in [0.1, 0.15) is 5.75 Å². The van der Waals surface area contributed by atoms with Crippen LogP contribution in [0.3, 0.4) is 0 Å². The third-order valence-electron chi connectivity index (χ3n) is 3.89. The summed E-state index contributed by atoms with van der Waals surface area (Å²) < 4.78 is 5.31. The molecule has 1 atom stereocenters. The summed E-state index contributed by atoms with van der Waals surface area (Å²) in [5.41, 5.74) is 1.54. The first-order chi connectivity index (χ1) is 9.48. The quantitative estimate of drug-likeness (QED) is 0.894. The lowest BCUT2D eigenvalue weighted by atomic mass is 10.1. The van der Waals surface area contributed by atoms with Gasteiger partial charge in [-0.15, -0.1) is 0 Å². The molecule has 3 nitrogen and oxygen atoms in total. The standard InChI is InChI=1S/C17H28N2O/c1-17(2,3)18-12-15-8-6-10-19(15)13-14-7-5-9-16(11-14)20-4/h5,7,9,11,15,18H,6,8,10,12-13H2,1-4H3. The minimum Gasteiger partial charge on any atom is -0.497 e. The van der Waals surface area contributed by atoms with Crippen LogP contribution in [0.25, 0.3) is 0 Å². The number of hydrogen-bond donors (Lipinski definition) is 1. The number of nitrogens with one attached hydrogen (secondary N) is 1. The molecule has 1 aromatic carbocycles. The highest BCUT2D eigenvalue weighted by molar-refractivity contribution is 5.28. The molecule has 1 fully saturated rings. The maximum absolute atomic E-state index is 5.31. The Balaban J connectivity index is 1.93. The van der Waals surface area contributed by atoms with Crippen LogP contribution in [0.1, 0.15) is 39.2 Å². The van der Waals surface area contributed by atoms with E-state index in [2.05, 4.69) is 49.2 Å². The molecule has 0 aliphatic carbocycles. The van der Waals surface area contributed by atoms with Crippen LogP contribution in [0.4, 0.5) is 0 Å². The molecule has 0 saturated carbocycles. The van der Waals surface area contributed by atoms with Crippen molar-refractivity contribution in [2.24, 2.45) is 0 Å². The average Bonchev–Trinajstić information content (AvgIpc) is 2.83. The number of likely N-dealkylation sites (tertiary alicyclic amines) is 1. The SMILES string of the molecule is COc1cccc(CN2CCCC2CNC(C)(C)C)c1. The first-order valence-electron chi connectivity index (χ1n) is 7.60. The van der Waals surface area contributed by atoms with Gasteiger partial charge in [0, 0.05) is 24.7 Å². The normalized spacial score (nSPS) is 20.3. The summed E-state index contributed by atoms with van der Waals surface area (Å²) in [6, 6.07) is 9.07. The second-order valence-corrected chi connectivity index (χ2v) is 6.75. The predicted molar refractivity (Wildman–Crippen MR) is 84.2 cm³/mol. The lowest BCUT2D eigenvalue weighted by molar-refractivity contribution is 0.225. The number of nitrogens with zero attached hydrogens (tertiary/aromatic N) is 1. The summed E-state index contributed by atoms with van der Waals surface area (Å²) in [5, 5.41) is 3.64. The van der Waals surface area contributed by atoms with E-state index in [1.807, 2.05) is 6.07 Å². The first kappa shape index (κ1) is 15.3. The fourth-order valence-electron chi connectivity index (χ4n) is 2.76. The lowest BCUT2D eigenvalue weighted by Crippen LogP contribution is -2.44. The van der Waals surface area contributed by atoms with E-state index in [-0.39, 0.29) is 5.54 Å². The number of hydrogen-bond acceptors (Lipinski definition) is 3. The molecule has 112 valence electrons. The smallest absolute Gasteiger partial charge is 0.119 e. The summed E-state index contributed by atoms with van der Waals surface area (Å²) in [7, 11) is 1.73. The van der Waals surface area contributed by atoms with Gasteiger partial charge < -0.3 is 10.1 Å². The Kier molecular flexibility index (Phi) is 5.06. The molecular formula is C17H28N2O. The molecule has 1 heterocycles.